The molecular weight excluding hydrogens is 384 g/mol. The highest BCUT2D eigenvalue weighted by atomic mass is 32.2. The van der Waals surface area contributed by atoms with Crippen LogP contribution in [0.4, 0.5) is 5.69 Å². The van der Waals surface area contributed by atoms with Crippen LogP contribution in [0.2, 0.25) is 0 Å². The highest BCUT2D eigenvalue weighted by molar-refractivity contribution is 7.92. The van der Waals surface area contributed by atoms with E-state index in [9.17, 15) is 13.2 Å². The predicted molar refractivity (Wildman–Crippen MR) is 118 cm³/mol. The van der Waals surface area contributed by atoms with E-state index in [1.54, 1.807) is 25.1 Å². The molecule has 2 aromatic carbocycles. The first kappa shape index (κ1) is 21.4. The Balaban J connectivity index is 1.79. The fourth-order valence-electron chi connectivity index (χ4n) is 4.01. The number of nitrogens with one attached hydrogen (secondary N) is 1. The van der Waals surface area contributed by atoms with Crippen LogP contribution < -0.4 is 9.62 Å². The van der Waals surface area contributed by atoms with E-state index in [4.69, 9.17) is 0 Å². The Bertz CT molecular complexity index is 1000. The van der Waals surface area contributed by atoms with Gasteiger partial charge in [-0.15, -0.1) is 0 Å². The van der Waals surface area contributed by atoms with E-state index >= 15 is 0 Å². The molecule has 2 atom stereocenters. The summed E-state index contributed by atoms with van der Waals surface area (Å²) in [6.45, 7) is 5.46. The summed E-state index contributed by atoms with van der Waals surface area (Å²) < 4.78 is 26.1. The minimum absolute atomic E-state index is 0.198. The first-order valence-electron chi connectivity index (χ1n) is 10.1. The number of hydrogen-bond acceptors (Lipinski definition) is 3. The molecule has 1 N–H and O–H groups in total. The summed E-state index contributed by atoms with van der Waals surface area (Å²) in [6, 6.07) is 12.5. The molecule has 6 heteroatoms. The Labute approximate surface area is 174 Å². The maximum absolute atomic E-state index is 12.9. The zero-order valence-corrected chi connectivity index (χ0v) is 18.4. The fraction of sp³-hybridized carbons (Fsp3) is 0.435. The molecule has 0 radical (unpaired) electrons. The molecule has 29 heavy (non-hydrogen) atoms. The number of carbonyl (C=O) groups is 1. The maximum atomic E-state index is 12.9. The van der Waals surface area contributed by atoms with Gasteiger partial charge in [0.1, 0.15) is 6.04 Å². The van der Waals surface area contributed by atoms with Gasteiger partial charge in [0.2, 0.25) is 15.9 Å². The first-order chi connectivity index (χ1) is 13.7. The van der Waals surface area contributed by atoms with E-state index in [1.807, 2.05) is 19.9 Å². The van der Waals surface area contributed by atoms with Gasteiger partial charge in [-0.3, -0.25) is 9.10 Å². The number of fused-ring (bicyclic) bond motifs is 1. The quantitative estimate of drug-likeness (QED) is 0.779. The van der Waals surface area contributed by atoms with Gasteiger partial charge in [0, 0.05) is 0 Å². The highest BCUT2D eigenvalue weighted by Gasteiger charge is 2.30. The monoisotopic (exact) mass is 414 g/mol. The van der Waals surface area contributed by atoms with Gasteiger partial charge in [0.25, 0.3) is 0 Å². The van der Waals surface area contributed by atoms with Gasteiger partial charge in [0.05, 0.1) is 18.0 Å². The minimum atomic E-state index is -3.62. The molecule has 0 bridgehead atoms. The predicted octanol–water partition coefficient (Wildman–Crippen LogP) is 3.91. The molecule has 5 nitrogen and oxygen atoms in total. The summed E-state index contributed by atoms with van der Waals surface area (Å²) in [5.41, 5.74) is 5.24. The summed E-state index contributed by atoms with van der Waals surface area (Å²) in [4.78, 5) is 12.9. The lowest BCUT2D eigenvalue weighted by atomic mass is 9.89. The molecule has 0 saturated heterocycles. The van der Waals surface area contributed by atoms with Crippen molar-refractivity contribution in [2.24, 2.45) is 0 Å². The Morgan fingerprint density at radius 3 is 2.38 bits per heavy atom. The van der Waals surface area contributed by atoms with Crippen molar-refractivity contribution >= 4 is 21.6 Å². The van der Waals surface area contributed by atoms with Crippen LogP contribution in [-0.4, -0.2) is 26.6 Å². The van der Waals surface area contributed by atoms with Crippen LogP contribution in [0.15, 0.2) is 42.5 Å². The average molecular weight is 415 g/mol. The lowest BCUT2D eigenvalue weighted by Gasteiger charge is -2.29. The van der Waals surface area contributed by atoms with Crippen LogP contribution in [0.5, 0.6) is 0 Å². The van der Waals surface area contributed by atoms with Crippen molar-refractivity contribution < 1.29 is 13.2 Å². The van der Waals surface area contributed by atoms with E-state index in [1.165, 1.54) is 28.3 Å². The number of sulfonamides is 1. The molecule has 0 fully saturated rings. The van der Waals surface area contributed by atoms with Gasteiger partial charge in [-0.2, -0.15) is 0 Å². The first-order valence-corrected chi connectivity index (χ1v) is 12.0. The molecule has 0 heterocycles. The SMILES string of the molecule is Cc1cccc(N(C(C)C(=O)NC(C)c2ccc3c(c2)CCCC3)S(C)(=O)=O)c1. The van der Waals surface area contributed by atoms with Crippen molar-refractivity contribution in [2.75, 3.05) is 10.6 Å². The molecule has 0 aliphatic heterocycles. The minimum Gasteiger partial charge on any atom is -0.348 e. The summed E-state index contributed by atoms with van der Waals surface area (Å²) in [7, 11) is -3.62. The summed E-state index contributed by atoms with van der Waals surface area (Å²) in [5.74, 6) is -0.317. The van der Waals surface area contributed by atoms with Crippen LogP contribution in [0.3, 0.4) is 0 Å². The van der Waals surface area contributed by atoms with Crippen molar-refractivity contribution in [3.63, 3.8) is 0 Å². The van der Waals surface area contributed by atoms with Crippen molar-refractivity contribution in [1.82, 2.24) is 5.32 Å². The van der Waals surface area contributed by atoms with Crippen LogP contribution in [0.25, 0.3) is 0 Å². The average Bonchev–Trinajstić information content (AvgIpc) is 2.66. The van der Waals surface area contributed by atoms with E-state index in [0.717, 1.165) is 30.2 Å². The van der Waals surface area contributed by atoms with E-state index < -0.39 is 16.1 Å². The summed E-state index contributed by atoms with van der Waals surface area (Å²) in [6.07, 6.45) is 5.76. The van der Waals surface area contributed by atoms with Gasteiger partial charge >= 0.3 is 0 Å². The second kappa shape index (κ2) is 8.57. The lowest BCUT2D eigenvalue weighted by Crippen LogP contribution is -2.48. The number of benzene rings is 2. The van der Waals surface area contributed by atoms with Crippen molar-refractivity contribution in [2.45, 2.75) is 58.5 Å². The molecule has 0 spiro atoms. The number of carbonyl (C=O) groups excluding carboxylic acids is 1. The van der Waals surface area contributed by atoms with Crippen LogP contribution in [-0.2, 0) is 27.7 Å². The molecule has 0 aromatic heterocycles. The number of rotatable bonds is 6. The molecule has 1 amide bonds. The number of anilines is 1. The van der Waals surface area contributed by atoms with E-state index in [-0.39, 0.29) is 11.9 Å². The highest BCUT2D eigenvalue weighted by Crippen LogP contribution is 2.26. The second-order valence-electron chi connectivity index (χ2n) is 8.04. The number of hydrogen-bond donors (Lipinski definition) is 1. The third kappa shape index (κ3) is 4.99. The van der Waals surface area contributed by atoms with Gasteiger partial charge < -0.3 is 5.32 Å². The van der Waals surface area contributed by atoms with E-state index in [0.29, 0.717) is 5.69 Å². The number of aryl methyl sites for hydroxylation is 3. The molecule has 3 rings (SSSR count). The van der Waals surface area contributed by atoms with Crippen molar-refractivity contribution in [3.05, 3.63) is 64.7 Å². The topological polar surface area (TPSA) is 66.5 Å². The Morgan fingerprint density at radius 1 is 1.03 bits per heavy atom. The Morgan fingerprint density at radius 2 is 1.72 bits per heavy atom. The van der Waals surface area contributed by atoms with E-state index in [2.05, 4.69) is 23.5 Å². The number of nitrogens with zero attached hydrogens (tertiary/aromatic N) is 1. The third-order valence-corrected chi connectivity index (χ3v) is 6.82. The molecule has 2 unspecified atom stereocenters. The molecular formula is C23H30N2O3S. The Hall–Kier alpha value is -2.34. The summed E-state index contributed by atoms with van der Waals surface area (Å²) in [5, 5.41) is 2.99. The second-order valence-corrected chi connectivity index (χ2v) is 9.90. The molecule has 1 aliphatic rings. The van der Waals surface area contributed by atoms with Crippen LogP contribution in [0.1, 0.15) is 55.0 Å². The third-order valence-electron chi connectivity index (χ3n) is 5.58. The van der Waals surface area contributed by atoms with Crippen molar-refractivity contribution in [3.8, 4) is 0 Å². The lowest BCUT2D eigenvalue weighted by molar-refractivity contribution is -0.122. The molecule has 2 aromatic rings. The standard InChI is InChI=1S/C23H30N2O3S/c1-16-8-7-11-22(14-16)25(29(4,27)28)18(3)23(26)24-17(2)20-13-12-19-9-5-6-10-21(19)15-20/h7-8,11-15,17-18H,5-6,9-10H2,1-4H3,(H,24,26). The van der Waals surface area contributed by atoms with Crippen molar-refractivity contribution in [1.29, 1.82) is 0 Å². The molecule has 0 saturated carbocycles. The van der Waals surface area contributed by atoms with Gasteiger partial charge in [-0.1, -0.05) is 30.3 Å². The zero-order chi connectivity index (χ0) is 21.2. The molecule has 1 aliphatic carbocycles. The fourth-order valence-corrected chi connectivity index (χ4v) is 5.18. The van der Waals surface area contributed by atoms with Crippen LogP contribution >= 0.6 is 0 Å². The molecule has 156 valence electrons. The van der Waals surface area contributed by atoms with Gasteiger partial charge in [0.15, 0.2) is 0 Å². The van der Waals surface area contributed by atoms with Crippen LogP contribution in [0, 0.1) is 6.92 Å². The smallest absolute Gasteiger partial charge is 0.244 e. The maximum Gasteiger partial charge on any atom is 0.244 e. The number of amides is 1. The summed E-state index contributed by atoms with van der Waals surface area (Å²) >= 11 is 0. The van der Waals surface area contributed by atoms with Gasteiger partial charge in [-0.25, -0.2) is 8.42 Å². The largest absolute Gasteiger partial charge is 0.348 e. The normalized spacial score (nSPS) is 15.9. The van der Waals surface area contributed by atoms with Gasteiger partial charge in [-0.05, 0) is 80.8 Å². The Kier molecular flexibility index (Phi) is 6.32. The zero-order valence-electron chi connectivity index (χ0n) is 17.6.